The average molecular weight is 303 g/mol. The number of sulfonamides is 1. The molecule has 1 atom stereocenters. The highest BCUT2D eigenvalue weighted by Crippen LogP contribution is 2.22. The van der Waals surface area contributed by atoms with Crippen molar-refractivity contribution in [2.75, 3.05) is 27.2 Å². The van der Waals surface area contributed by atoms with Gasteiger partial charge in [0.15, 0.2) is 0 Å². The zero-order valence-electron chi connectivity index (χ0n) is 11.3. The summed E-state index contributed by atoms with van der Waals surface area (Å²) in [6.07, 6.45) is 1.95. The molecule has 0 aromatic carbocycles. The highest BCUT2D eigenvalue weighted by Gasteiger charge is 2.25. The first-order chi connectivity index (χ1) is 9.03. The zero-order chi connectivity index (χ0) is 13.9. The Morgan fingerprint density at radius 3 is 3.00 bits per heavy atom. The molecular formula is C12H21N3O2S2. The van der Waals surface area contributed by atoms with Crippen molar-refractivity contribution in [3.63, 3.8) is 0 Å². The van der Waals surface area contributed by atoms with Crippen LogP contribution in [0.5, 0.6) is 0 Å². The highest BCUT2D eigenvalue weighted by atomic mass is 32.2. The minimum Gasteiger partial charge on any atom is -0.315 e. The van der Waals surface area contributed by atoms with Crippen molar-refractivity contribution in [1.82, 2.24) is 14.9 Å². The summed E-state index contributed by atoms with van der Waals surface area (Å²) in [6.45, 7) is 2.41. The van der Waals surface area contributed by atoms with Gasteiger partial charge in [-0.3, -0.25) is 0 Å². The smallest absolute Gasteiger partial charge is 0.242 e. The molecule has 1 aliphatic rings. The first-order valence-electron chi connectivity index (χ1n) is 6.45. The molecule has 5 nitrogen and oxygen atoms in total. The number of rotatable bonds is 5. The van der Waals surface area contributed by atoms with E-state index < -0.39 is 10.0 Å². The molecule has 0 saturated carbocycles. The van der Waals surface area contributed by atoms with E-state index >= 15 is 0 Å². The van der Waals surface area contributed by atoms with Gasteiger partial charge in [-0.15, -0.1) is 11.3 Å². The van der Waals surface area contributed by atoms with Gasteiger partial charge in [-0.05, 0) is 44.9 Å². The molecule has 2 heterocycles. The molecule has 1 aromatic heterocycles. The van der Waals surface area contributed by atoms with E-state index in [0.717, 1.165) is 30.8 Å². The maximum atomic E-state index is 12.4. The van der Waals surface area contributed by atoms with E-state index in [9.17, 15) is 8.42 Å². The van der Waals surface area contributed by atoms with Crippen LogP contribution < -0.4 is 10.0 Å². The van der Waals surface area contributed by atoms with Gasteiger partial charge in [0.2, 0.25) is 10.0 Å². The van der Waals surface area contributed by atoms with Crippen LogP contribution in [0.3, 0.4) is 0 Å². The quantitative estimate of drug-likeness (QED) is 0.846. The Bertz CT molecular complexity index is 513. The summed E-state index contributed by atoms with van der Waals surface area (Å²) in [4.78, 5) is 3.44. The summed E-state index contributed by atoms with van der Waals surface area (Å²) in [6, 6.07) is 1.71. The van der Waals surface area contributed by atoms with Gasteiger partial charge in [0.05, 0.1) is 4.90 Å². The molecular weight excluding hydrogens is 282 g/mol. The molecule has 0 aliphatic carbocycles. The van der Waals surface area contributed by atoms with Crippen molar-refractivity contribution in [3.05, 3.63) is 16.3 Å². The predicted molar refractivity (Wildman–Crippen MR) is 77.9 cm³/mol. The van der Waals surface area contributed by atoms with E-state index in [1.54, 1.807) is 6.07 Å². The molecule has 2 N–H and O–H groups in total. The number of nitrogens with one attached hydrogen (secondary N) is 2. The highest BCUT2D eigenvalue weighted by molar-refractivity contribution is 7.89. The first kappa shape index (κ1) is 14.9. The lowest BCUT2D eigenvalue weighted by atomic mass is 10.1. The molecule has 108 valence electrons. The lowest BCUT2D eigenvalue weighted by Crippen LogP contribution is -2.46. The van der Waals surface area contributed by atoms with E-state index in [1.165, 1.54) is 11.3 Å². The number of hydrogen-bond donors (Lipinski definition) is 2. The zero-order valence-corrected chi connectivity index (χ0v) is 13.0. The van der Waals surface area contributed by atoms with Crippen molar-refractivity contribution < 1.29 is 8.42 Å². The normalized spacial score (nSPS) is 21.7. The van der Waals surface area contributed by atoms with Crippen LogP contribution in [0, 0.1) is 0 Å². The molecule has 0 amide bonds. The van der Waals surface area contributed by atoms with E-state index in [0.29, 0.717) is 11.4 Å². The van der Waals surface area contributed by atoms with Crippen molar-refractivity contribution >= 4 is 21.4 Å². The van der Waals surface area contributed by atoms with E-state index in [4.69, 9.17) is 0 Å². The standard InChI is InChI=1S/C12H21N3O2S2/c1-13-8-11-12(5-7-18-11)19(16,17)14-10-4-3-6-15(2)9-10/h5,7,10,13-14H,3-4,6,8-9H2,1-2H3. The minimum atomic E-state index is -3.40. The van der Waals surface area contributed by atoms with Crippen LogP contribution in [0.4, 0.5) is 0 Å². The molecule has 19 heavy (non-hydrogen) atoms. The van der Waals surface area contributed by atoms with Gasteiger partial charge < -0.3 is 10.2 Å². The van der Waals surface area contributed by atoms with Crippen molar-refractivity contribution in [1.29, 1.82) is 0 Å². The van der Waals surface area contributed by atoms with Gasteiger partial charge in [-0.1, -0.05) is 0 Å². The Morgan fingerprint density at radius 1 is 1.53 bits per heavy atom. The fourth-order valence-corrected chi connectivity index (χ4v) is 5.12. The molecule has 1 fully saturated rings. The Kier molecular flexibility index (Phi) is 4.97. The average Bonchev–Trinajstić information content (AvgIpc) is 2.78. The minimum absolute atomic E-state index is 0.0195. The molecule has 1 aliphatic heterocycles. The summed E-state index contributed by atoms with van der Waals surface area (Å²) < 4.78 is 27.7. The Labute approximate surface area is 119 Å². The number of thiophene rings is 1. The van der Waals surface area contributed by atoms with Gasteiger partial charge in [0, 0.05) is 24.0 Å². The van der Waals surface area contributed by atoms with Gasteiger partial charge in [-0.25, -0.2) is 13.1 Å². The maximum absolute atomic E-state index is 12.4. The predicted octanol–water partition coefficient (Wildman–Crippen LogP) is 0.840. The summed E-state index contributed by atoms with van der Waals surface area (Å²) in [5.41, 5.74) is 0. The fraction of sp³-hybridized carbons (Fsp3) is 0.667. The van der Waals surface area contributed by atoms with Crippen LogP contribution in [0.25, 0.3) is 0 Å². The van der Waals surface area contributed by atoms with E-state index in [-0.39, 0.29) is 6.04 Å². The van der Waals surface area contributed by atoms with Crippen LogP contribution in [0.1, 0.15) is 17.7 Å². The Hall–Kier alpha value is -0.470. The summed E-state index contributed by atoms with van der Waals surface area (Å²) in [5, 5.41) is 4.83. The third kappa shape index (κ3) is 3.76. The van der Waals surface area contributed by atoms with Gasteiger partial charge in [0.1, 0.15) is 0 Å². The fourth-order valence-electron chi connectivity index (χ4n) is 2.40. The van der Waals surface area contributed by atoms with Crippen LogP contribution >= 0.6 is 11.3 Å². The molecule has 0 radical (unpaired) electrons. The van der Waals surface area contributed by atoms with Crippen molar-refractivity contribution in [2.24, 2.45) is 0 Å². The van der Waals surface area contributed by atoms with Crippen molar-refractivity contribution in [3.8, 4) is 0 Å². The van der Waals surface area contributed by atoms with E-state index in [1.807, 2.05) is 19.5 Å². The summed E-state index contributed by atoms with van der Waals surface area (Å²) in [7, 11) is 0.445. The van der Waals surface area contributed by atoms with Gasteiger partial charge in [-0.2, -0.15) is 0 Å². The largest absolute Gasteiger partial charge is 0.315 e. The topological polar surface area (TPSA) is 61.4 Å². The molecule has 0 bridgehead atoms. The second kappa shape index (κ2) is 6.32. The Morgan fingerprint density at radius 2 is 2.32 bits per heavy atom. The molecule has 7 heteroatoms. The van der Waals surface area contributed by atoms with Gasteiger partial charge in [0.25, 0.3) is 0 Å². The number of hydrogen-bond acceptors (Lipinski definition) is 5. The monoisotopic (exact) mass is 303 g/mol. The summed E-state index contributed by atoms with van der Waals surface area (Å²) in [5.74, 6) is 0. The van der Waals surface area contributed by atoms with Gasteiger partial charge >= 0.3 is 0 Å². The Balaban J connectivity index is 2.11. The summed E-state index contributed by atoms with van der Waals surface area (Å²) >= 11 is 1.47. The lowest BCUT2D eigenvalue weighted by molar-refractivity contribution is 0.242. The number of nitrogens with zero attached hydrogens (tertiary/aromatic N) is 1. The lowest BCUT2D eigenvalue weighted by Gasteiger charge is -2.29. The molecule has 1 aromatic rings. The van der Waals surface area contributed by atoms with Crippen LogP contribution in [-0.4, -0.2) is 46.5 Å². The number of likely N-dealkylation sites (N-methyl/N-ethyl adjacent to an activating group) is 1. The molecule has 1 unspecified atom stereocenters. The molecule has 2 rings (SSSR count). The van der Waals surface area contributed by atoms with Crippen LogP contribution in [0.15, 0.2) is 16.3 Å². The number of piperidine rings is 1. The SMILES string of the molecule is CNCc1sccc1S(=O)(=O)NC1CCCN(C)C1. The third-order valence-corrected chi connectivity index (χ3v) is 5.93. The third-order valence-electron chi connectivity index (χ3n) is 3.28. The number of likely N-dealkylation sites (tertiary alicyclic amines) is 1. The van der Waals surface area contributed by atoms with Crippen molar-refractivity contribution in [2.45, 2.75) is 30.3 Å². The maximum Gasteiger partial charge on any atom is 0.242 e. The van der Waals surface area contributed by atoms with Crippen LogP contribution in [0.2, 0.25) is 0 Å². The molecule has 0 spiro atoms. The first-order valence-corrected chi connectivity index (χ1v) is 8.81. The van der Waals surface area contributed by atoms with E-state index in [2.05, 4.69) is 14.9 Å². The molecule has 1 saturated heterocycles. The second-order valence-corrected chi connectivity index (χ2v) is 7.64. The van der Waals surface area contributed by atoms with Crippen LogP contribution in [-0.2, 0) is 16.6 Å². The second-order valence-electron chi connectivity index (χ2n) is 4.96.